The predicted octanol–water partition coefficient (Wildman–Crippen LogP) is 2.84. The number of hydrogen-bond acceptors (Lipinski definition) is 4. The van der Waals surface area contributed by atoms with Gasteiger partial charge in [0.1, 0.15) is 0 Å². The van der Waals surface area contributed by atoms with Crippen LogP contribution in [0.4, 0.5) is 5.69 Å². The molecular formula is C16H19N3O2S. The molecule has 0 fully saturated rings. The smallest absolute Gasteiger partial charge is 0.251 e. The molecule has 1 atom stereocenters. The number of thioether (sulfide) groups is 1. The number of aromatic amines is 1. The average Bonchev–Trinajstić information content (AvgIpc) is 2.48. The second kappa shape index (κ2) is 7.79. The SMILES string of the molecule is CCCc1cc(=O)[nH]c(SC(C)C(=O)Nc2ccccc2)n1. The third-order valence-corrected chi connectivity index (χ3v) is 3.96. The van der Waals surface area contributed by atoms with Crippen molar-refractivity contribution < 1.29 is 4.79 Å². The zero-order chi connectivity index (χ0) is 15.9. The maximum Gasteiger partial charge on any atom is 0.251 e. The number of carbonyl (C=O) groups excluding carboxylic acids is 1. The molecule has 0 aliphatic rings. The van der Waals surface area contributed by atoms with Crippen molar-refractivity contribution in [2.45, 2.75) is 37.1 Å². The van der Waals surface area contributed by atoms with Crippen molar-refractivity contribution in [3.63, 3.8) is 0 Å². The van der Waals surface area contributed by atoms with Crippen LogP contribution in [0, 0.1) is 0 Å². The normalized spacial score (nSPS) is 11.9. The van der Waals surface area contributed by atoms with Gasteiger partial charge in [0.25, 0.3) is 5.56 Å². The van der Waals surface area contributed by atoms with Gasteiger partial charge in [-0.1, -0.05) is 43.3 Å². The first-order valence-corrected chi connectivity index (χ1v) is 8.09. The van der Waals surface area contributed by atoms with Crippen LogP contribution in [0.25, 0.3) is 0 Å². The summed E-state index contributed by atoms with van der Waals surface area (Å²) in [4.78, 5) is 30.8. The van der Waals surface area contributed by atoms with Gasteiger partial charge >= 0.3 is 0 Å². The van der Waals surface area contributed by atoms with E-state index in [1.165, 1.54) is 17.8 Å². The predicted molar refractivity (Wildman–Crippen MR) is 89.2 cm³/mol. The van der Waals surface area contributed by atoms with Crippen LogP contribution < -0.4 is 10.9 Å². The van der Waals surface area contributed by atoms with E-state index in [1.54, 1.807) is 6.92 Å². The number of carbonyl (C=O) groups is 1. The summed E-state index contributed by atoms with van der Waals surface area (Å²) in [5.41, 5.74) is 1.32. The summed E-state index contributed by atoms with van der Waals surface area (Å²) in [5, 5.41) is 2.95. The fraction of sp³-hybridized carbons (Fsp3) is 0.312. The number of aromatic nitrogens is 2. The Bertz CT molecular complexity index is 685. The Hall–Kier alpha value is -2.08. The molecule has 0 saturated heterocycles. The molecule has 1 unspecified atom stereocenters. The first-order chi connectivity index (χ1) is 10.6. The van der Waals surface area contributed by atoms with Crippen LogP contribution >= 0.6 is 11.8 Å². The van der Waals surface area contributed by atoms with Crippen molar-refractivity contribution in [1.29, 1.82) is 0 Å². The van der Waals surface area contributed by atoms with Crippen LogP contribution in [0.2, 0.25) is 0 Å². The zero-order valence-electron chi connectivity index (χ0n) is 12.6. The second-order valence-corrected chi connectivity index (χ2v) is 6.24. The highest BCUT2D eigenvalue weighted by Gasteiger charge is 2.16. The molecule has 2 aromatic rings. The number of nitrogens with zero attached hydrogens (tertiary/aromatic N) is 1. The number of benzene rings is 1. The van der Waals surface area contributed by atoms with Gasteiger partial charge in [-0.05, 0) is 25.5 Å². The summed E-state index contributed by atoms with van der Waals surface area (Å²) in [6.07, 6.45) is 1.67. The highest BCUT2D eigenvalue weighted by molar-refractivity contribution is 8.00. The largest absolute Gasteiger partial charge is 0.325 e. The first kappa shape index (κ1) is 16.3. The molecule has 0 aliphatic heterocycles. The summed E-state index contributed by atoms with van der Waals surface area (Å²) in [6.45, 7) is 3.82. The number of hydrogen-bond donors (Lipinski definition) is 2. The van der Waals surface area contributed by atoms with Gasteiger partial charge in [-0.15, -0.1) is 0 Å². The van der Waals surface area contributed by atoms with Gasteiger partial charge in [0, 0.05) is 17.4 Å². The third kappa shape index (κ3) is 4.73. The van der Waals surface area contributed by atoms with E-state index >= 15 is 0 Å². The maximum atomic E-state index is 12.2. The van der Waals surface area contributed by atoms with Gasteiger partial charge in [-0.2, -0.15) is 0 Å². The molecule has 2 N–H and O–H groups in total. The lowest BCUT2D eigenvalue weighted by Gasteiger charge is -2.11. The van der Waals surface area contributed by atoms with Crippen molar-refractivity contribution in [2.75, 3.05) is 5.32 Å². The van der Waals surface area contributed by atoms with Crippen LogP contribution in [0.1, 0.15) is 26.0 Å². The molecule has 0 bridgehead atoms. The number of aryl methyl sites for hydroxylation is 1. The number of amides is 1. The number of para-hydroxylation sites is 1. The molecule has 2 rings (SSSR count). The highest BCUT2D eigenvalue weighted by Crippen LogP contribution is 2.20. The summed E-state index contributed by atoms with van der Waals surface area (Å²) in [5.74, 6) is -0.125. The average molecular weight is 317 g/mol. The van der Waals surface area contributed by atoms with Crippen LogP contribution in [0.15, 0.2) is 46.3 Å². The van der Waals surface area contributed by atoms with Gasteiger partial charge in [0.05, 0.1) is 5.25 Å². The highest BCUT2D eigenvalue weighted by atomic mass is 32.2. The number of anilines is 1. The van der Waals surface area contributed by atoms with Crippen molar-refractivity contribution in [2.24, 2.45) is 0 Å². The Morgan fingerprint density at radius 2 is 2.09 bits per heavy atom. The fourth-order valence-corrected chi connectivity index (χ4v) is 2.74. The van der Waals surface area contributed by atoms with Gasteiger partial charge in [0.2, 0.25) is 5.91 Å². The zero-order valence-corrected chi connectivity index (χ0v) is 13.4. The third-order valence-electron chi connectivity index (χ3n) is 2.98. The van der Waals surface area contributed by atoms with Crippen LogP contribution in [-0.2, 0) is 11.2 Å². The van der Waals surface area contributed by atoms with E-state index in [0.717, 1.165) is 24.2 Å². The van der Waals surface area contributed by atoms with Crippen molar-refractivity contribution in [1.82, 2.24) is 9.97 Å². The summed E-state index contributed by atoms with van der Waals surface area (Å²) in [7, 11) is 0. The second-order valence-electron chi connectivity index (χ2n) is 4.91. The Balaban J connectivity index is 2.03. The number of nitrogens with one attached hydrogen (secondary N) is 2. The van der Waals surface area contributed by atoms with Crippen LogP contribution in [0.3, 0.4) is 0 Å². The molecular weight excluding hydrogens is 298 g/mol. The summed E-state index contributed by atoms with van der Waals surface area (Å²) in [6, 6.07) is 10.8. The Morgan fingerprint density at radius 3 is 2.77 bits per heavy atom. The van der Waals surface area contributed by atoms with Gasteiger partial charge in [0.15, 0.2) is 5.16 Å². The van der Waals surface area contributed by atoms with E-state index in [2.05, 4.69) is 15.3 Å². The van der Waals surface area contributed by atoms with E-state index in [4.69, 9.17) is 0 Å². The molecule has 0 spiro atoms. The minimum Gasteiger partial charge on any atom is -0.325 e. The van der Waals surface area contributed by atoms with E-state index in [0.29, 0.717) is 5.16 Å². The standard InChI is InChI=1S/C16H19N3O2S/c1-3-7-13-10-14(20)19-16(18-13)22-11(2)15(21)17-12-8-5-4-6-9-12/h4-6,8-11H,3,7H2,1-2H3,(H,17,21)(H,18,19,20). The van der Waals surface area contributed by atoms with E-state index in [9.17, 15) is 9.59 Å². The molecule has 0 saturated carbocycles. The number of H-pyrrole nitrogens is 1. The molecule has 1 amide bonds. The van der Waals surface area contributed by atoms with Crippen molar-refractivity contribution in [3.8, 4) is 0 Å². The van der Waals surface area contributed by atoms with Crippen LogP contribution in [-0.4, -0.2) is 21.1 Å². The monoisotopic (exact) mass is 317 g/mol. The Kier molecular flexibility index (Phi) is 5.77. The lowest BCUT2D eigenvalue weighted by molar-refractivity contribution is -0.115. The molecule has 0 radical (unpaired) electrons. The Labute approximate surface area is 133 Å². The molecule has 6 heteroatoms. The van der Waals surface area contributed by atoms with Gasteiger partial charge < -0.3 is 10.3 Å². The summed E-state index contributed by atoms with van der Waals surface area (Å²) >= 11 is 1.25. The van der Waals surface area contributed by atoms with E-state index in [-0.39, 0.29) is 16.7 Å². The molecule has 1 aromatic carbocycles. The topological polar surface area (TPSA) is 74.8 Å². The van der Waals surface area contributed by atoms with Gasteiger partial charge in [-0.25, -0.2) is 4.98 Å². The summed E-state index contributed by atoms with van der Waals surface area (Å²) < 4.78 is 0. The minimum absolute atomic E-state index is 0.125. The first-order valence-electron chi connectivity index (χ1n) is 7.21. The molecule has 116 valence electrons. The Morgan fingerprint density at radius 1 is 1.36 bits per heavy atom. The van der Waals surface area contributed by atoms with Crippen molar-refractivity contribution in [3.05, 3.63) is 52.4 Å². The quantitative estimate of drug-likeness (QED) is 0.634. The molecule has 0 aliphatic carbocycles. The van der Waals surface area contributed by atoms with Gasteiger partial charge in [-0.3, -0.25) is 9.59 Å². The van der Waals surface area contributed by atoms with E-state index in [1.807, 2.05) is 37.3 Å². The molecule has 1 heterocycles. The maximum absolute atomic E-state index is 12.2. The number of rotatable bonds is 6. The minimum atomic E-state index is -0.361. The lowest BCUT2D eigenvalue weighted by atomic mass is 10.2. The van der Waals surface area contributed by atoms with Crippen LogP contribution in [0.5, 0.6) is 0 Å². The molecule has 22 heavy (non-hydrogen) atoms. The van der Waals surface area contributed by atoms with E-state index < -0.39 is 0 Å². The fourth-order valence-electron chi connectivity index (χ4n) is 1.91. The molecule has 1 aromatic heterocycles. The lowest BCUT2D eigenvalue weighted by Crippen LogP contribution is -2.23. The molecule has 5 nitrogen and oxygen atoms in total. The van der Waals surface area contributed by atoms with Crippen molar-refractivity contribution >= 4 is 23.4 Å².